The normalized spacial score (nSPS) is 20.0. The molecule has 7 rings (SSSR count). The van der Waals surface area contributed by atoms with E-state index in [1.807, 2.05) is 49.4 Å². The van der Waals surface area contributed by atoms with Crippen molar-refractivity contribution >= 4 is 25.9 Å². The number of carbonyl (C=O) groups excluding carboxylic acids is 2. The fourth-order valence-electron chi connectivity index (χ4n) is 8.67. The zero-order valence-corrected chi connectivity index (χ0v) is 34.1. The number of fused-ring (bicyclic) bond motifs is 2. The highest BCUT2D eigenvalue weighted by Crippen LogP contribution is 2.60. The van der Waals surface area contributed by atoms with Crippen LogP contribution in [-0.4, -0.2) is 72.8 Å². The summed E-state index contributed by atoms with van der Waals surface area (Å²) >= 11 is 0. The first-order valence-electron chi connectivity index (χ1n) is 19.2. The lowest BCUT2D eigenvalue weighted by Crippen LogP contribution is -2.45. The number of benzene rings is 3. The SMILES string of the molecule is COc1cccn(-c2ccc(CN3C(=O)[C@@]4(O[C@@H](CC(=O)N(CCO)Cc5ccccc5)[C@H]([Si](C)(C)F)[C@H]4C)c4cc(-n5cccc(OC)c5=O)ccc43)cc2)c1=O. The smallest absolute Gasteiger partial charge is 0.297 e. The van der Waals surface area contributed by atoms with E-state index in [9.17, 15) is 19.5 Å². The highest BCUT2D eigenvalue weighted by Gasteiger charge is 2.67. The molecule has 4 heterocycles. The maximum atomic E-state index is 16.7. The van der Waals surface area contributed by atoms with Crippen molar-refractivity contribution in [1.29, 1.82) is 0 Å². The van der Waals surface area contributed by atoms with Crippen molar-refractivity contribution in [3.8, 4) is 22.9 Å². The second kappa shape index (κ2) is 16.2. The van der Waals surface area contributed by atoms with Crippen LogP contribution in [0, 0.1) is 5.92 Å². The van der Waals surface area contributed by atoms with E-state index in [0.717, 1.165) is 11.1 Å². The van der Waals surface area contributed by atoms with Crippen LogP contribution in [0.1, 0.15) is 30.0 Å². The van der Waals surface area contributed by atoms with E-state index in [-0.39, 0.29) is 55.6 Å². The van der Waals surface area contributed by atoms with E-state index in [1.54, 1.807) is 85.0 Å². The van der Waals surface area contributed by atoms with Gasteiger partial charge in [-0.2, -0.15) is 0 Å². The molecule has 58 heavy (non-hydrogen) atoms. The summed E-state index contributed by atoms with van der Waals surface area (Å²) in [5, 5.41) is 9.91. The van der Waals surface area contributed by atoms with Crippen LogP contribution in [0.25, 0.3) is 11.4 Å². The Kier molecular flexibility index (Phi) is 11.3. The summed E-state index contributed by atoms with van der Waals surface area (Å²) in [6.45, 7) is 5.13. The van der Waals surface area contributed by atoms with Gasteiger partial charge in [0.1, 0.15) is 0 Å². The Balaban J connectivity index is 1.29. The van der Waals surface area contributed by atoms with Gasteiger partial charge in [0.2, 0.25) is 14.3 Å². The zero-order chi connectivity index (χ0) is 41.4. The van der Waals surface area contributed by atoms with Crippen molar-refractivity contribution in [3.63, 3.8) is 0 Å². The minimum absolute atomic E-state index is 0.0711. The molecule has 302 valence electrons. The minimum Gasteiger partial charge on any atom is -0.491 e. The number of aromatic nitrogens is 2. The molecule has 0 bridgehead atoms. The van der Waals surface area contributed by atoms with Gasteiger partial charge in [-0.3, -0.25) is 28.3 Å². The summed E-state index contributed by atoms with van der Waals surface area (Å²) in [6, 6.07) is 28.4. The van der Waals surface area contributed by atoms with Gasteiger partial charge < -0.3 is 33.2 Å². The molecule has 2 amide bonds. The van der Waals surface area contributed by atoms with Gasteiger partial charge in [-0.25, -0.2) is 0 Å². The van der Waals surface area contributed by atoms with Crippen molar-refractivity contribution in [2.75, 3.05) is 32.3 Å². The van der Waals surface area contributed by atoms with Crippen molar-refractivity contribution < 1.29 is 33.0 Å². The average Bonchev–Trinajstić information content (AvgIpc) is 3.64. The van der Waals surface area contributed by atoms with Crippen molar-refractivity contribution in [3.05, 3.63) is 147 Å². The molecular formula is C44H47FN4O8Si. The van der Waals surface area contributed by atoms with Crippen LogP contribution in [0.5, 0.6) is 11.5 Å². The average molecular weight is 807 g/mol. The topological polar surface area (TPSA) is 133 Å². The van der Waals surface area contributed by atoms with Gasteiger partial charge in [-0.05, 0) is 78.8 Å². The van der Waals surface area contributed by atoms with Crippen molar-refractivity contribution in [1.82, 2.24) is 14.0 Å². The number of methoxy groups -OCH3 is 2. The van der Waals surface area contributed by atoms with Gasteiger partial charge in [0.25, 0.3) is 17.0 Å². The molecule has 1 N–H and O–H groups in total. The number of hydrogen-bond donors (Lipinski definition) is 1. The van der Waals surface area contributed by atoms with Gasteiger partial charge in [0.15, 0.2) is 17.1 Å². The second-order valence-corrected chi connectivity index (χ2v) is 19.1. The van der Waals surface area contributed by atoms with Gasteiger partial charge in [0.05, 0.1) is 45.6 Å². The summed E-state index contributed by atoms with van der Waals surface area (Å²) < 4.78 is 37.1. The van der Waals surface area contributed by atoms with Gasteiger partial charge >= 0.3 is 0 Å². The van der Waals surface area contributed by atoms with E-state index in [0.29, 0.717) is 22.6 Å². The molecule has 0 saturated carbocycles. The van der Waals surface area contributed by atoms with Crippen LogP contribution in [0.3, 0.4) is 0 Å². The summed E-state index contributed by atoms with van der Waals surface area (Å²) in [4.78, 5) is 58.8. The largest absolute Gasteiger partial charge is 0.491 e. The third-order valence-electron chi connectivity index (χ3n) is 11.4. The molecule has 0 unspecified atom stereocenters. The number of nitrogens with zero attached hydrogens (tertiary/aromatic N) is 4. The first-order chi connectivity index (χ1) is 27.8. The first-order valence-corrected chi connectivity index (χ1v) is 22.1. The summed E-state index contributed by atoms with van der Waals surface area (Å²) in [5.74, 6) is -1.12. The number of ether oxygens (including phenoxy) is 3. The molecule has 2 aliphatic heterocycles. The lowest BCUT2D eigenvalue weighted by Gasteiger charge is -2.31. The first kappa shape index (κ1) is 40.4. The number of aliphatic hydroxyl groups is 1. The monoisotopic (exact) mass is 806 g/mol. The fourth-order valence-corrected chi connectivity index (χ4v) is 11.2. The number of pyridine rings is 2. The quantitative estimate of drug-likeness (QED) is 0.118. The van der Waals surface area contributed by atoms with Crippen LogP contribution in [0.4, 0.5) is 9.80 Å². The maximum Gasteiger partial charge on any atom is 0.297 e. The Hall–Kier alpha value is -5.83. The standard InChI is InChI=1S/C44H47FN4O8Si/c1-29-40(58(4,5)45)38(26-39(51)46(23-24-50)27-30-11-7-6-8-12-30)57-44(29)34-25-33(48-22-10-14-37(56-3)42(48)53)19-20-35(34)49(43(44)54)28-31-15-17-32(18-16-31)47-21-9-13-36(55-2)41(47)52/h6-22,25,29,38,40,50H,23-24,26-28H2,1-5H3/t29-,38+,40-,44+/m1/s1. The minimum atomic E-state index is -3.66. The van der Waals surface area contributed by atoms with Crippen LogP contribution in [-0.2, 0) is 33.0 Å². The Morgan fingerprint density at radius 2 is 1.45 bits per heavy atom. The third-order valence-corrected chi connectivity index (χ3v) is 13.8. The number of carbonyl (C=O) groups is 2. The summed E-state index contributed by atoms with van der Waals surface area (Å²) in [7, 11) is -0.809. The molecule has 2 aliphatic rings. The number of aliphatic hydroxyl groups excluding tert-OH is 1. The van der Waals surface area contributed by atoms with Crippen LogP contribution < -0.4 is 25.5 Å². The van der Waals surface area contributed by atoms with E-state index >= 15 is 8.90 Å². The van der Waals surface area contributed by atoms with Gasteiger partial charge in [-0.1, -0.05) is 49.4 Å². The third kappa shape index (κ3) is 7.27. The molecule has 1 saturated heterocycles. The van der Waals surface area contributed by atoms with E-state index in [1.165, 1.54) is 28.3 Å². The molecule has 4 atom stereocenters. The highest BCUT2D eigenvalue weighted by atomic mass is 28.4. The molecule has 3 aromatic carbocycles. The lowest BCUT2D eigenvalue weighted by atomic mass is 9.82. The number of amides is 2. The predicted molar refractivity (Wildman–Crippen MR) is 220 cm³/mol. The lowest BCUT2D eigenvalue weighted by molar-refractivity contribution is -0.150. The van der Waals surface area contributed by atoms with Gasteiger partial charge in [0, 0.05) is 53.9 Å². The molecule has 0 radical (unpaired) electrons. The molecular weight excluding hydrogens is 760 g/mol. The number of halogens is 1. The Morgan fingerprint density at radius 3 is 2.03 bits per heavy atom. The molecule has 5 aromatic rings. The van der Waals surface area contributed by atoms with Crippen molar-refractivity contribution in [2.24, 2.45) is 5.92 Å². The molecule has 1 fully saturated rings. The Morgan fingerprint density at radius 1 is 0.845 bits per heavy atom. The van der Waals surface area contributed by atoms with Crippen molar-refractivity contribution in [2.45, 2.75) is 56.8 Å². The Bertz CT molecular complexity index is 2430. The van der Waals surface area contributed by atoms with Crippen LogP contribution in [0.15, 0.2) is 119 Å². The van der Waals surface area contributed by atoms with Crippen LogP contribution >= 0.6 is 0 Å². The molecule has 14 heteroatoms. The zero-order valence-electron chi connectivity index (χ0n) is 33.1. The number of anilines is 1. The summed E-state index contributed by atoms with van der Waals surface area (Å²) in [5.41, 5.74) is 0.471. The maximum absolute atomic E-state index is 16.7. The highest BCUT2D eigenvalue weighted by molar-refractivity contribution is 6.72. The fraction of sp³-hybridized carbons (Fsp3) is 0.318. The molecule has 1 spiro atoms. The van der Waals surface area contributed by atoms with E-state index in [4.69, 9.17) is 14.2 Å². The van der Waals surface area contributed by atoms with E-state index < -0.39 is 43.0 Å². The molecule has 2 aromatic heterocycles. The second-order valence-electron chi connectivity index (χ2n) is 15.3. The Labute approximate surface area is 336 Å². The number of rotatable bonds is 13. The predicted octanol–water partition coefficient (Wildman–Crippen LogP) is 5.74. The van der Waals surface area contributed by atoms with E-state index in [2.05, 4.69) is 0 Å². The number of hydrogen-bond acceptors (Lipinski definition) is 8. The van der Waals surface area contributed by atoms with Gasteiger partial charge in [-0.15, -0.1) is 0 Å². The molecule has 0 aliphatic carbocycles. The summed E-state index contributed by atoms with van der Waals surface area (Å²) in [6.07, 6.45) is 2.08. The molecule has 12 nitrogen and oxygen atoms in total. The van der Waals surface area contributed by atoms with Crippen LogP contribution in [0.2, 0.25) is 18.6 Å².